The number of carboxylic acid groups (broad SMARTS) is 1. The Kier molecular flexibility index (Phi) is 4.63. The molecule has 20 heavy (non-hydrogen) atoms. The van der Waals surface area contributed by atoms with Gasteiger partial charge in [0.05, 0.1) is 6.20 Å². The van der Waals surface area contributed by atoms with Crippen LogP contribution in [0.5, 0.6) is 0 Å². The van der Waals surface area contributed by atoms with Gasteiger partial charge >= 0.3 is 5.97 Å². The highest BCUT2D eigenvalue weighted by Crippen LogP contribution is 2.18. The molecule has 5 nitrogen and oxygen atoms in total. The molecule has 0 bridgehead atoms. The number of carbonyl (C=O) groups is 1. The van der Waals surface area contributed by atoms with E-state index in [-0.39, 0.29) is 6.54 Å². The number of aryl methyl sites for hydroxylation is 1. The smallest absolute Gasteiger partial charge is 0.323 e. The molecular weight excluding hydrogens is 278 g/mol. The second kappa shape index (κ2) is 6.43. The summed E-state index contributed by atoms with van der Waals surface area (Å²) in [5, 5.41) is 13.8. The van der Waals surface area contributed by atoms with Gasteiger partial charge in [-0.2, -0.15) is 5.10 Å². The minimum atomic E-state index is -0.855. The van der Waals surface area contributed by atoms with Gasteiger partial charge in [0, 0.05) is 30.5 Å². The van der Waals surface area contributed by atoms with Crippen LogP contribution in [0.1, 0.15) is 5.56 Å². The van der Waals surface area contributed by atoms with Crippen LogP contribution < -0.4 is 4.90 Å². The normalized spacial score (nSPS) is 10.5. The number of nitrogens with zero attached hydrogens (tertiary/aromatic N) is 3. The van der Waals surface area contributed by atoms with Gasteiger partial charge in [0.2, 0.25) is 0 Å². The van der Waals surface area contributed by atoms with E-state index in [1.54, 1.807) is 23.0 Å². The first-order chi connectivity index (χ1) is 9.54. The molecule has 0 atom stereocenters. The van der Waals surface area contributed by atoms with Crippen LogP contribution in [0.15, 0.2) is 36.7 Å². The third-order valence-electron chi connectivity index (χ3n) is 2.95. The van der Waals surface area contributed by atoms with Crippen LogP contribution in [0.2, 0.25) is 5.02 Å². The molecule has 0 unspecified atom stereocenters. The van der Waals surface area contributed by atoms with Crippen molar-refractivity contribution in [3.63, 3.8) is 0 Å². The van der Waals surface area contributed by atoms with E-state index in [4.69, 9.17) is 16.7 Å². The van der Waals surface area contributed by atoms with Crippen LogP contribution in [0.3, 0.4) is 0 Å². The highest BCUT2D eigenvalue weighted by atomic mass is 35.5. The SMILES string of the molecule is Cn1cc(CCN(CC(=O)O)c2ccc(Cl)cc2)cn1. The molecular formula is C14H16ClN3O2. The number of hydrogen-bond donors (Lipinski definition) is 1. The van der Waals surface area contributed by atoms with Crippen molar-refractivity contribution in [2.24, 2.45) is 7.05 Å². The molecule has 0 amide bonds. The van der Waals surface area contributed by atoms with E-state index in [0.29, 0.717) is 11.6 Å². The van der Waals surface area contributed by atoms with Crippen molar-refractivity contribution in [1.82, 2.24) is 9.78 Å². The van der Waals surface area contributed by atoms with Crippen molar-refractivity contribution in [3.8, 4) is 0 Å². The zero-order valence-electron chi connectivity index (χ0n) is 11.2. The summed E-state index contributed by atoms with van der Waals surface area (Å²) in [5.41, 5.74) is 1.93. The second-order valence-corrected chi connectivity index (χ2v) is 5.00. The lowest BCUT2D eigenvalue weighted by Crippen LogP contribution is -2.31. The first-order valence-electron chi connectivity index (χ1n) is 6.24. The van der Waals surface area contributed by atoms with Crippen LogP contribution in [-0.2, 0) is 18.3 Å². The molecule has 0 aliphatic rings. The molecule has 0 saturated carbocycles. The molecule has 0 spiro atoms. The standard InChI is InChI=1S/C14H16ClN3O2/c1-17-9-11(8-16-17)6-7-18(10-14(19)20)13-4-2-12(15)3-5-13/h2-5,8-9H,6-7,10H2,1H3,(H,19,20). The summed E-state index contributed by atoms with van der Waals surface area (Å²) in [5.74, 6) is -0.855. The zero-order chi connectivity index (χ0) is 14.5. The van der Waals surface area contributed by atoms with Crippen LogP contribution in [0.25, 0.3) is 0 Å². The summed E-state index contributed by atoms with van der Waals surface area (Å²) < 4.78 is 1.74. The van der Waals surface area contributed by atoms with Crippen molar-refractivity contribution < 1.29 is 9.90 Å². The number of halogens is 1. The summed E-state index contributed by atoms with van der Waals surface area (Å²) in [6, 6.07) is 7.18. The van der Waals surface area contributed by atoms with Gasteiger partial charge < -0.3 is 10.0 Å². The number of hydrogen-bond acceptors (Lipinski definition) is 3. The maximum Gasteiger partial charge on any atom is 0.323 e. The van der Waals surface area contributed by atoms with Gasteiger partial charge in [-0.1, -0.05) is 11.6 Å². The summed E-state index contributed by atoms with van der Waals surface area (Å²) in [6.07, 6.45) is 4.46. The Bertz CT molecular complexity index is 580. The summed E-state index contributed by atoms with van der Waals surface area (Å²) >= 11 is 5.85. The minimum absolute atomic E-state index is 0.0398. The third-order valence-corrected chi connectivity index (χ3v) is 3.20. The number of rotatable bonds is 6. The number of aliphatic carboxylic acids is 1. The van der Waals surface area contributed by atoms with Gasteiger partial charge in [0.1, 0.15) is 6.54 Å². The maximum atomic E-state index is 11.0. The number of benzene rings is 1. The number of aromatic nitrogens is 2. The molecule has 1 N–H and O–H groups in total. The zero-order valence-corrected chi connectivity index (χ0v) is 11.9. The monoisotopic (exact) mass is 293 g/mol. The van der Waals surface area contributed by atoms with E-state index in [1.165, 1.54) is 0 Å². The average Bonchev–Trinajstić information content (AvgIpc) is 2.81. The van der Waals surface area contributed by atoms with Gasteiger partial charge in [-0.15, -0.1) is 0 Å². The molecule has 0 fully saturated rings. The molecule has 1 aromatic heterocycles. The highest BCUT2D eigenvalue weighted by Gasteiger charge is 2.11. The van der Waals surface area contributed by atoms with Gasteiger partial charge in [-0.05, 0) is 36.2 Å². The molecule has 2 aromatic rings. The Balaban J connectivity index is 2.07. The van der Waals surface area contributed by atoms with Crippen molar-refractivity contribution in [2.45, 2.75) is 6.42 Å². The minimum Gasteiger partial charge on any atom is -0.480 e. The number of anilines is 1. The van der Waals surface area contributed by atoms with E-state index in [1.807, 2.05) is 30.3 Å². The van der Waals surface area contributed by atoms with E-state index < -0.39 is 5.97 Å². The Morgan fingerprint density at radius 2 is 2.10 bits per heavy atom. The fourth-order valence-corrected chi connectivity index (χ4v) is 2.11. The van der Waals surface area contributed by atoms with Crippen LogP contribution in [0.4, 0.5) is 5.69 Å². The summed E-state index contributed by atoms with van der Waals surface area (Å²) in [4.78, 5) is 12.8. The molecule has 6 heteroatoms. The van der Waals surface area contributed by atoms with Crippen LogP contribution >= 0.6 is 11.6 Å². The quantitative estimate of drug-likeness (QED) is 0.887. The van der Waals surface area contributed by atoms with Gasteiger partial charge in [0.25, 0.3) is 0 Å². The number of carboxylic acids is 1. The fourth-order valence-electron chi connectivity index (χ4n) is 1.98. The predicted octanol–water partition coefficient (Wildman–Crippen LogP) is 2.21. The fraction of sp³-hybridized carbons (Fsp3) is 0.286. The van der Waals surface area contributed by atoms with Crippen LogP contribution in [0, 0.1) is 0 Å². The molecule has 0 aliphatic heterocycles. The first-order valence-corrected chi connectivity index (χ1v) is 6.62. The van der Waals surface area contributed by atoms with Gasteiger partial charge in [-0.3, -0.25) is 9.48 Å². The highest BCUT2D eigenvalue weighted by molar-refractivity contribution is 6.30. The second-order valence-electron chi connectivity index (χ2n) is 4.56. The lowest BCUT2D eigenvalue weighted by atomic mass is 10.2. The molecule has 0 aliphatic carbocycles. The van der Waals surface area contributed by atoms with Gasteiger partial charge in [0.15, 0.2) is 0 Å². The maximum absolute atomic E-state index is 11.0. The van der Waals surface area contributed by atoms with Crippen molar-refractivity contribution in [2.75, 3.05) is 18.0 Å². The van der Waals surface area contributed by atoms with E-state index >= 15 is 0 Å². The van der Waals surface area contributed by atoms with Crippen molar-refractivity contribution >= 4 is 23.3 Å². The lowest BCUT2D eigenvalue weighted by molar-refractivity contribution is -0.135. The van der Waals surface area contributed by atoms with Gasteiger partial charge in [-0.25, -0.2) is 0 Å². The Hall–Kier alpha value is -2.01. The molecule has 2 rings (SSSR count). The van der Waals surface area contributed by atoms with Crippen LogP contribution in [-0.4, -0.2) is 33.9 Å². The van der Waals surface area contributed by atoms with Crippen molar-refractivity contribution in [3.05, 3.63) is 47.2 Å². The summed E-state index contributed by atoms with van der Waals surface area (Å²) in [6.45, 7) is 0.571. The molecule has 1 heterocycles. The molecule has 0 saturated heterocycles. The van der Waals surface area contributed by atoms with Crippen molar-refractivity contribution in [1.29, 1.82) is 0 Å². The lowest BCUT2D eigenvalue weighted by Gasteiger charge is -2.22. The third kappa shape index (κ3) is 3.99. The average molecular weight is 294 g/mol. The summed E-state index contributed by atoms with van der Waals surface area (Å²) in [7, 11) is 1.86. The van der Waals surface area contributed by atoms with E-state index in [9.17, 15) is 4.79 Å². The molecule has 1 aromatic carbocycles. The first kappa shape index (κ1) is 14.4. The van der Waals surface area contributed by atoms with E-state index in [0.717, 1.165) is 17.7 Å². The van der Waals surface area contributed by atoms with E-state index in [2.05, 4.69) is 5.10 Å². The largest absolute Gasteiger partial charge is 0.480 e. The predicted molar refractivity (Wildman–Crippen MR) is 78.2 cm³/mol. The molecule has 106 valence electrons. The molecule has 0 radical (unpaired) electrons. The Morgan fingerprint density at radius 3 is 2.65 bits per heavy atom. The Labute approximate surface area is 122 Å². The topological polar surface area (TPSA) is 58.4 Å². The Morgan fingerprint density at radius 1 is 1.40 bits per heavy atom.